The lowest BCUT2D eigenvalue weighted by atomic mass is 9.84. The van der Waals surface area contributed by atoms with Gasteiger partial charge in [0.15, 0.2) is 5.82 Å². The summed E-state index contributed by atoms with van der Waals surface area (Å²) in [4.78, 5) is 26.0. The highest BCUT2D eigenvalue weighted by atomic mass is 35.5. The minimum atomic E-state index is -0.518. The number of aryl methyl sites for hydroxylation is 3. The van der Waals surface area contributed by atoms with Crippen LogP contribution in [-0.4, -0.2) is 56.7 Å². The van der Waals surface area contributed by atoms with Gasteiger partial charge in [0.05, 0.1) is 23.6 Å². The molecule has 0 unspecified atom stereocenters. The van der Waals surface area contributed by atoms with Crippen molar-refractivity contribution in [3.63, 3.8) is 0 Å². The highest BCUT2D eigenvalue weighted by molar-refractivity contribution is 7.11. The topological polar surface area (TPSA) is 72.3 Å². The number of nitrogens with one attached hydrogen (secondary N) is 1. The molecule has 1 aliphatic heterocycles. The zero-order chi connectivity index (χ0) is 25.2. The lowest BCUT2D eigenvalue weighted by Crippen LogP contribution is -2.57. The number of aromatic nitrogens is 3. The summed E-state index contributed by atoms with van der Waals surface area (Å²) < 4.78 is 7.95. The predicted octanol–water partition coefficient (Wildman–Crippen LogP) is 5.55. The summed E-state index contributed by atoms with van der Waals surface area (Å²) in [5.41, 5.74) is 2.40. The van der Waals surface area contributed by atoms with Crippen LogP contribution in [0, 0.1) is 13.8 Å². The molecule has 2 aromatic heterocycles. The largest absolute Gasteiger partial charge is 0.365 e. The molecule has 0 bridgehead atoms. The molecule has 1 saturated heterocycles. The van der Waals surface area contributed by atoms with Crippen molar-refractivity contribution >= 4 is 47.1 Å². The third-order valence-corrected chi connectivity index (χ3v) is 9.02. The van der Waals surface area contributed by atoms with Crippen LogP contribution in [0.4, 0.5) is 5.82 Å². The second-order valence-corrected chi connectivity index (χ2v) is 11.8. The van der Waals surface area contributed by atoms with Gasteiger partial charge in [0, 0.05) is 47.7 Å². The lowest BCUT2D eigenvalue weighted by Gasteiger charge is -2.45. The maximum Gasteiger partial charge on any atom is 0.256 e. The van der Waals surface area contributed by atoms with Crippen LogP contribution >= 0.6 is 35.3 Å². The molecule has 0 radical (unpaired) electrons. The van der Waals surface area contributed by atoms with Crippen LogP contribution < -0.4 is 5.32 Å². The Labute approximate surface area is 234 Å². The van der Waals surface area contributed by atoms with Crippen LogP contribution in [0.25, 0.3) is 0 Å². The van der Waals surface area contributed by atoms with E-state index in [4.69, 9.17) is 21.3 Å². The van der Waals surface area contributed by atoms with Crippen LogP contribution in [0.2, 0.25) is 5.02 Å². The van der Waals surface area contributed by atoms with Crippen molar-refractivity contribution in [2.75, 3.05) is 18.5 Å². The number of benzene rings is 1. The average Bonchev–Trinajstić information content (AvgIpc) is 3.44. The molecule has 1 aliphatic carbocycles. The summed E-state index contributed by atoms with van der Waals surface area (Å²) in [6, 6.07) is 8.70. The Hall–Kier alpha value is -1.97. The summed E-state index contributed by atoms with van der Waals surface area (Å²) in [7, 11) is 1.88. The van der Waals surface area contributed by atoms with E-state index < -0.39 is 6.10 Å². The van der Waals surface area contributed by atoms with E-state index in [2.05, 4.69) is 41.2 Å². The third-order valence-electron chi connectivity index (χ3n) is 7.53. The molecule has 1 aromatic carbocycles. The molecule has 7 nitrogen and oxygen atoms in total. The van der Waals surface area contributed by atoms with Gasteiger partial charge >= 0.3 is 0 Å². The van der Waals surface area contributed by atoms with Crippen molar-refractivity contribution in [1.82, 2.24) is 19.4 Å². The number of hydrogen-bond acceptors (Lipinski definition) is 6. The molecule has 3 heterocycles. The first-order chi connectivity index (χ1) is 17.4. The van der Waals surface area contributed by atoms with Gasteiger partial charge in [0.25, 0.3) is 5.91 Å². The molecule has 1 saturated carbocycles. The first-order valence-corrected chi connectivity index (χ1v) is 13.9. The Kier molecular flexibility index (Phi) is 9.29. The number of carbonyl (C=O) groups is 1. The zero-order valence-electron chi connectivity index (χ0n) is 21.5. The van der Waals surface area contributed by atoms with E-state index in [-0.39, 0.29) is 24.4 Å². The molecule has 2 aliphatic rings. The highest BCUT2D eigenvalue weighted by Crippen LogP contribution is 2.38. The van der Waals surface area contributed by atoms with Gasteiger partial charge in [0.1, 0.15) is 6.10 Å². The van der Waals surface area contributed by atoms with Crippen molar-refractivity contribution < 1.29 is 9.53 Å². The van der Waals surface area contributed by atoms with E-state index in [1.165, 1.54) is 15.4 Å². The minimum Gasteiger partial charge on any atom is -0.365 e. The summed E-state index contributed by atoms with van der Waals surface area (Å²) in [6.45, 7) is 5.37. The fourth-order valence-electron chi connectivity index (χ4n) is 5.40. The van der Waals surface area contributed by atoms with Gasteiger partial charge in [-0.1, -0.05) is 23.7 Å². The Morgan fingerprint density at radius 1 is 1.19 bits per heavy atom. The number of nitrogens with zero attached hydrogens (tertiary/aromatic N) is 4. The number of rotatable bonds is 6. The van der Waals surface area contributed by atoms with E-state index in [1.807, 2.05) is 35.1 Å². The normalized spacial score (nSPS) is 24.4. The van der Waals surface area contributed by atoms with Crippen molar-refractivity contribution in [3.8, 4) is 0 Å². The molecular formula is C27H35Cl2N5O2S. The van der Waals surface area contributed by atoms with Crippen molar-refractivity contribution in [2.45, 2.75) is 70.1 Å². The first kappa shape index (κ1) is 28.0. The Morgan fingerprint density at radius 3 is 2.54 bits per heavy atom. The third kappa shape index (κ3) is 6.73. The van der Waals surface area contributed by atoms with Crippen molar-refractivity contribution in [3.05, 3.63) is 63.0 Å². The van der Waals surface area contributed by atoms with Crippen LogP contribution in [0.5, 0.6) is 0 Å². The number of thiazole rings is 1. The number of amides is 1. The van der Waals surface area contributed by atoms with Crippen LogP contribution in [0.1, 0.15) is 52.7 Å². The van der Waals surface area contributed by atoms with E-state index >= 15 is 0 Å². The summed E-state index contributed by atoms with van der Waals surface area (Å²) >= 11 is 7.96. The molecule has 1 N–H and O–H groups in total. The zero-order valence-corrected chi connectivity index (χ0v) is 23.9. The predicted molar refractivity (Wildman–Crippen MR) is 151 cm³/mol. The quantitative estimate of drug-likeness (QED) is 0.426. The molecule has 2 fully saturated rings. The molecule has 10 heteroatoms. The number of carbonyl (C=O) groups excluding carboxylic acids is 1. The number of hydrogen-bond donors (Lipinski definition) is 1. The maximum absolute atomic E-state index is 13.0. The monoisotopic (exact) mass is 563 g/mol. The molecule has 37 heavy (non-hydrogen) atoms. The molecule has 0 spiro atoms. The number of morpholine rings is 1. The van der Waals surface area contributed by atoms with Gasteiger partial charge in [-0.2, -0.15) is 0 Å². The van der Waals surface area contributed by atoms with Gasteiger partial charge in [-0.25, -0.2) is 9.97 Å². The molecule has 2 atom stereocenters. The number of halogens is 2. The number of ether oxygens (including phenoxy) is 1. The smallest absolute Gasteiger partial charge is 0.256 e. The molecule has 3 aromatic rings. The molecule has 1 amide bonds. The number of imidazole rings is 1. The minimum absolute atomic E-state index is 0. The second-order valence-electron chi connectivity index (χ2n) is 10.1. The molecule has 5 rings (SSSR count). The Morgan fingerprint density at radius 2 is 1.92 bits per heavy atom. The molecule has 200 valence electrons. The summed E-state index contributed by atoms with van der Waals surface area (Å²) in [5, 5.41) is 4.95. The van der Waals surface area contributed by atoms with Gasteiger partial charge in [-0.3, -0.25) is 9.69 Å². The fourth-order valence-corrected chi connectivity index (χ4v) is 6.62. The first-order valence-electron chi connectivity index (χ1n) is 12.7. The van der Waals surface area contributed by atoms with Crippen LogP contribution in [0.15, 0.2) is 36.8 Å². The van der Waals surface area contributed by atoms with Crippen molar-refractivity contribution in [1.29, 1.82) is 0 Å². The van der Waals surface area contributed by atoms with Crippen LogP contribution in [0.3, 0.4) is 0 Å². The van der Waals surface area contributed by atoms with E-state index in [0.29, 0.717) is 30.9 Å². The Bertz CT molecular complexity index is 1170. The van der Waals surface area contributed by atoms with Gasteiger partial charge in [-0.15, -0.1) is 23.7 Å². The van der Waals surface area contributed by atoms with Gasteiger partial charge < -0.3 is 14.6 Å². The van der Waals surface area contributed by atoms with E-state index in [0.717, 1.165) is 42.8 Å². The second kappa shape index (κ2) is 12.3. The maximum atomic E-state index is 13.0. The van der Waals surface area contributed by atoms with Gasteiger partial charge in [-0.05, 0) is 63.6 Å². The van der Waals surface area contributed by atoms with E-state index in [9.17, 15) is 4.79 Å². The summed E-state index contributed by atoms with van der Waals surface area (Å²) in [6.07, 6.45) is 8.30. The molecular weight excluding hydrogens is 529 g/mol. The Balaban J connectivity index is 0.00000320. The SMILES string of the molecule is Cc1nc(C2CCC(N3C[C@H](C(=O)Nc4cn(C)cn4)OC[C@@H]3Cc3ccc(Cl)cc3)CC2)sc1C.Cl. The van der Waals surface area contributed by atoms with Gasteiger partial charge in [0.2, 0.25) is 0 Å². The average molecular weight is 565 g/mol. The standard InChI is InChI=1S/C27H34ClN5O2S.ClH/c1-17-18(2)36-27(30-17)20-6-10-22(11-7-20)33-13-24(26(34)31-25-14-32(3)16-29-25)35-15-23(33)12-19-4-8-21(28)9-5-19;/h4-5,8-9,14,16,20,22-24H,6-7,10-13,15H2,1-3H3,(H,31,34);1H/t20?,22?,23-,24+;/m0./s1. The van der Waals surface area contributed by atoms with Crippen LogP contribution in [-0.2, 0) is 23.0 Å². The van der Waals surface area contributed by atoms with Crippen molar-refractivity contribution in [2.24, 2.45) is 7.05 Å². The number of anilines is 1. The van der Waals surface area contributed by atoms with E-state index in [1.54, 1.807) is 12.5 Å². The highest BCUT2D eigenvalue weighted by Gasteiger charge is 2.38. The fraction of sp³-hybridized carbons (Fsp3) is 0.519. The lowest BCUT2D eigenvalue weighted by molar-refractivity contribution is -0.140. The summed E-state index contributed by atoms with van der Waals surface area (Å²) in [5.74, 6) is 0.958.